The molecule has 0 radical (unpaired) electrons. The van der Waals surface area contributed by atoms with Crippen LogP contribution in [0.2, 0.25) is 0 Å². The number of carbonyl (C=O) groups is 1. The van der Waals surface area contributed by atoms with Crippen molar-refractivity contribution in [3.05, 3.63) is 82.9 Å². The molecule has 1 aromatic carbocycles. The Labute approximate surface area is 145 Å². The SMILES string of the molecule is O=C(CCn1nc(-c2ccccc2)ccc1=O)NCc1ccccn1. The van der Waals surface area contributed by atoms with Crippen molar-refractivity contribution in [2.24, 2.45) is 0 Å². The zero-order valence-electron chi connectivity index (χ0n) is 13.6. The highest BCUT2D eigenvalue weighted by Crippen LogP contribution is 2.13. The maximum Gasteiger partial charge on any atom is 0.266 e. The average Bonchev–Trinajstić information content (AvgIpc) is 2.67. The molecule has 6 nitrogen and oxygen atoms in total. The molecule has 0 spiro atoms. The third-order valence-corrected chi connectivity index (χ3v) is 3.68. The van der Waals surface area contributed by atoms with Gasteiger partial charge in [-0.2, -0.15) is 5.10 Å². The second kappa shape index (κ2) is 8.01. The predicted molar refractivity (Wildman–Crippen MR) is 94.6 cm³/mol. The molecule has 0 bridgehead atoms. The lowest BCUT2D eigenvalue weighted by Crippen LogP contribution is -2.28. The Balaban J connectivity index is 1.61. The van der Waals surface area contributed by atoms with Crippen molar-refractivity contribution in [2.75, 3.05) is 0 Å². The first-order valence-corrected chi connectivity index (χ1v) is 8.02. The van der Waals surface area contributed by atoms with Gasteiger partial charge in [-0.15, -0.1) is 0 Å². The fourth-order valence-electron chi connectivity index (χ4n) is 2.36. The molecular weight excluding hydrogens is 316 g/mol. The first-order valence-electron chi connectivity index (χ1n) is 8.02. The average molecular weight is 334 g/mol. The lowest BCUT2D eigenvalue weighted by molar-refractivity contribution is -0.121. The van der Waals surface area contributed by atoms with Gasteiger partial charge in [-0.3, -0.25) is 14.6 Å². The summed E-state index contributed by atoms with van der Waals surface area (Å²) in [7, 11) is 0. The van der Waals surface area contributed by atoms with Gasteiger partial charge in [-0.1, -0.05) is 36.4 Å². The van der Waals surface area contributed by atoms with Gasteiger partial charge in [0.1, 0.15) is 0 Å². The van der Waals surface area contributed by atoms with E-state index in [1.54, 1.807) is 12.3 Å². The van der Waals surface area contributed by atoms with Crippen molar-refractivity contribution in [1.29, 1.82) is 0 Å². The van der Waals surface area contributed by atoms with Gasteiger partial charge in [-0.05, 0) is 18.2 Å². The van der Waals surface area contributed by atoms with Crippen molar-refractivity contribution in [3.63, 3.8) is 0 Å². The first kappa shape index (κ1) is 16.6. The van der Waals surface area contributed by atoms with Gasteiger partial charge in [-0.25, -0.2) is 4.68 Å². The van der Waals surface area contributed by atoms with Crippen molar-refractivity contribution in [1.82, 2.24) is 20.1 Å². The molecule has 0 fully saturated rings. The number of carbonyl (C=O) groups excluding carboxylic acids is 1. The summed E-state index contributed by atoms with van der Waals surface area (Å²) in [5.41, 5.74) is 2.19. The maximum absolute atomic E-state index is 12.0. The van der Waals surface area contributed by atoms with Crippen LogP contribution in [-0.4, -0.2) is 20.7 Å². The topological polar surface area (TPSA) is 76.9 Å². The molecule has 2 heterocycles. The van der Waals surface area contributed by atoms with E-state index in [0.29, 0.717) is 12.2 Å². The molecule has 3 rings (SSSR count). The van der Waals surface area contributed by atoms with Gasteiger partial charge < -0.3 is 5.32 Å². The lowest BCUT2D eigenvalue weighted by Gasteiger charge is -2.08. The number of rotatable bonds is 6. The number of hydrogen-bond acceptors (Lipinski definition) is 4. The minimum Gasteiger partial charge on any atom is -0.350 e. The highest BCUT2D eigenvalue weighted by Gasteiger charge is 2.06. The maximum atomic E-state index is 12.0. The molecule has 0 saturated heterocycles. The summed E-state index contributed by atoms with van der Waals surface area (Å²) in [5, 5.41) is 7.13. The van der Waals surface area contributed by atoms with E-state index in [0.717, 1.165) is 11.3 Å². The zero-order chi connectivity index (χ0) is 17.5. The van der Waals surface area contributed by atoms with E-state index in [1.165, 1.54) is 10.7 Å². The van der Waals surface area contributed by atoms with Crippen molar-refractivity contribution < 1.29 is 4.79 Å². The molecule has 25 heavy (non-hydrogen) atoms. The third kappa shape index (κ3) is 4.60. The summed E-state index contributed by atoms with van der Waals surface area (Å²) in [6, 6.07) is 18.3. The molecule has 6 heteroatoms. The van der Waals surface area contributed by atoms with Crippen LogP contribution in [0.3, 0.4) is 0 Å². The van der Waals surface area contributed by atoms with Crippen LogP contribution < -0.4 is 10.9 Å². The number of nitrogens with zero attached hydrogens (tertiary/aromatic N) is 3. The summed E-state index contributed by atoms with van der Waals surface area (Å²) >= 11 is 0. The monoisotopic (exact) mass is 334 g/mol. The van der Waals surface area contributed by atoms with Crippen LogP contribution in [0.5, 0.6) is 0 Å². The fourth-order valence-corrected chi connectivity index (χ4v) is 2.36. The third-order valence-electron chi connectivity index (χ3n) is 3.68. The summed E-state index contributed by atoms with van der Waals surface area (Å²) < 4.78 is 1.32. The molecule has 0 unspecified atom stereocenters. The smallest absolute Gasteiger partial charge is 0.266 e. The van der Waals surface area contributed by atoms with E-state index >= 15 is 0 Å². The Kier molecular flexibility index (Phi) is 5.31. The first-order chi connectivity index (χ1) is 12.2. The van der Waals surface area contributed by atoms with Crippen LogP contribution in [0.1, 0.15) is 12.1 Å². The molecule has 1 amide bonds. The van der Waals surface area contributed by atoms with E-state index in [1.807, 2.05) is 48.5 Å². The molecule has 2 aromatic heterocycles. The highest BCUT2D eigenvalue weighted by molar-refractivity contribution is 5.75. The Morgan fingerprint density at radius 1 is 1.00 bits per heavy atom. The van der Waals surface area contributed by atoms with E-state index in [4.69, 9.17) is 0 Å². The molecule has 0 saturated carbocycles. The van der Waals surface area contributed by atoms with Crippen LogP contribution in [0.15, 0.2) is 71.7 Å². The van der Waals surface area contributed by atoms with E-state index in [2.05, 4.69) is 15.4 Å². The number of benzene rings is 1. The van der Waals surface area contributed by atoms with Crippen LogP contribution in [0.4, 0.5) is 0 Å². The van der Waals surface area contributed by atoms with Crippen molar-refractivity contribution in [3.8, 4) is 11.3 Å². The van der Waals surface area contributed by atoms with Crippen LogP contribution >= 0.6 is 0 Å². The van der Waals surface area contributed by atoms with Gasteiger partial charge in [0, 0.05) is 24.2 Å². The normalized spacial score (nSPS) is 10.4. The minimum absolute atomic E-state index is 0.149. The number of amides is 1. The largest absolute Gasteiger partial charge is 0.350 e. The molecule has 3 aromatic rings. The second-order valence-electron chi connectivity index (χ2n) is 5.49. The second-order valence-corrected chi connectivity index (χ2v) is 5.49. The lowest BCUT2D eigenvalue weighted by atomic mass is 10.1. The van der Waals surface area contributed by atoms with Gasteiger partial charge in [0.2, 0.25) is 5.91 Å². The Morgan fingerprint density at radius 2 is 1.80 bits per heavy atom. The number of aryl methyl sites for hydroxylation is 1. The van der Waals surface area contributed by atoms with E-state index < -0.39 is 0 Å². The van der Waals surface area contributed by atoms with E-state index in [-0.39, 0.29) is 24.4 Å². The zero-order valence-corrected chi connectivity index (χ0v) is 13.6. The molecule has 1 N–H and O–H groups in total. The predicted octanol–water partition coefficient (Wildman–Crippen LogP) is 2.01. The van der Waals surface area contributed by atoms with Gasteiger partial charge in [0.15, 0.2) is 0 Å². The molecule has 0 aliphatic carbocycles. The van der Waals surface area contributed by atoms with Crippen LogP contribution in [0, 0.1) is 0 Å². The van der Waals surface area contributed by atoms with Crippen molar-refractivity contribution in [2.45, 2.75) is 19.5 Å². The fraction of sp³-hybridized carbons (Fsp3) is 0.158. The van der Waals surface area contributed by atoms with Gasteiger partial charge in [0.05, 0.1) is 24.5 Å². The van der Waals surface area contributed by atoms with E-state index in [9.17, 15) is 9.59 Å². The number of hydrogen-bond donors (Lipinski definition) is 1. The molecule has 0 aliphatic heterocycles. The Morgan fingerprint density at radius 3 is 2.56 bits per heavy atom. The summed E-state index contributed by atoms with van der Waals surface area (Å²) in [5.74, 6) is -0.149. The Hall–Kier alpha value is -3.28. The van der Waals surface area contributed by atoms with Gasteiger partial charge in [0.25, 0.3) is 5.56 Å². The highest BCUT2D eigenvalue weighted by atomic mass is 16.2. The standard InChI is InChI=1S/C19H18N4O2/c24-18(21-14-16-8-4-5-12-20-16)11-13-23-19(25)10-9-17(22-23)15-6-2-1-3-7-15/h1-10,12H,11,13-14H2,(H,21,24). The molecule has 0 atom stereocenters. The van der Waals surface area contributed by atoms with Gasteiger partial charge >= 0.3 is 0 Å². The molecule has 0 aliphatic rings. The van der Waals surface area contributed by atoms with Crippen LogP contribution in [0.25, 0.3) is 11.3 Å². The number of nitrogens with one attached hydrogen (secondary N) is 1. The summed E-state index contributed by atoms with van der Waals surface area (Å²) in [4.78, 5) is 28.1. The number of pyridine rings is 1. The van der Waals surface area contributed by atoms with Crippen LogP contribution in [-0.2, 0) is 17.9 Å². The summed E-state index contributed by atoms with van der Waals surface area (Å²) in [6.45, 7) is 0.597. The number of aromatic nitrogens is 3. The molecule has 126 valence electrons. The Bertz CT molecular complexity index is 892. The summed E-state index contributed by atoms with van der Waals surface area (Å²) in [6.07, 6.45) is 1.86. The minimum atomic E-state index is -0.225. The van der Waals surface area contributed by atoms with Crippen molar-refractivity contribution >= 4 is 5.91 Å². The molecular formula is C19H18N4O2. The quantitative estimate of drug-likeness (QED) is 0.748.